The van der Waals surface area contributed by atoms with E-state index >= 15 is 0 Å². The van der Waals surface area contributed by atoms with Gasteiger partial charge in [0.1, 0.15) is 11.1 Å². The first-order valence-electron chi connectivity index (χ1n) is 11.4. The van der Waals surface area contributed by atoms with Gasteiger partial charge in [-0.3, -0.25) is 9.59 Å². The number of carbonyl (C=O) groups is 2. The van der Waals surface area contributed by atoms with Crippen LogP contribution in [0.4, 0.5) is 10.1 Å². The molecule has 0 saturated carbocycles. The maximum Gasteiger partial charge on any atom is 0.262 e. The van der Waals surface area contributed by atoms with Crippen molar-refractivity contribution in [1.29, 1.82) is 0 Å². The lowest BCUT2D eigenvalue weighted by Gasteiger charge is -2.23. The topological polar surface area (TPSA) is 74.1 Å². The van der Waals surface area contributed by atoms with Crippen LogP contribution in [0, 0.1) is 12.7 Å². The lowest BCUT2D eigenvalue weighted by molar-refractivity contribution is -0.121. The number of thioether (sulfide) groups is 1. The molecule has 6 nitrogen and oxygen atoms in total. The molecule has 0 saturated heterocycles. The minimum absolute atomic E-state index is 0.00531. The number of benzene rings is 3. The summed E-state index contributed by atoms with van der Waals surface area (Å²) in [6, 6.07) is 20.8. The molecule has 0 aliphatic carbocycles. The molecule has 3 aromatic rings. The van der Waals surface area contributed by atoms with E-state index in [9.17, 15) is 14.0 Å². The van der Waals surface area contributed by atoms with E-state index in [0.29, 0.717) is 22.3 Å². The van der Waals surface area contributed by atoms with E-state index in [-0.39, 0.29) is 30.1 Å². The van der Waals surface area contributed by atoms with E-state index < -0.39 is 5.25 Å². The predicted molar refractivity (Wildman–Crippen MR) is 142 cm³/mol. The first-order valence-corrected chi connectivity index (χ1v) is 12.7. The van der Waals surface area contributed by atoms with Gasteiger partial charge in [0.15, 0.2) is 5.17 Å². The smallest absolute Gasteiger partial charge is 0.262 e. The van der Waals surface area contributed by atoms with Crippen molar-refractivity contribution < 1.29 is 14.0 Å². The van der Waals surface area contributed by atoms with Crippen molar-refractivity contribution in [3.05, 3.63) is 100 Å². The number of aliphatic imine (C=N–C) groups is 1. The Morgan fingerprint density at radius 1 is 1.14 bits per heavy atom. The average molecular weight is 521 g/mol. The molecule has 2 aliphatic heterocycles. The van der Waals surface area contributed by atoms with Gasteiger partial charge in [-0.1, -0.05) is 59.8 Å². The summed E-state index contributed by atoms with van der Waals surface area (Å²) in [6.07, 6.45) is 0.521. The fraction of sp³-hybridized carbons (Fsp3) is 0.185. The number of hydrogen-bond donors (Lipinski definition) is 1. The Hall–Kier alpha value is -3.49. The van der Waals surface area contributed by atoms with Crippen LogP contribution < -0.4 is 5.32 Å². The van der Waals surface area contributed by atoms with E-state index in [0.717, 1.165) is 22.4 Å². The molecule has 36 heavy (non-hydrogen) atoms. The molecule has 9 heteroatoms. The van der Waals surface area contributed by atoms with Gasteiger partial charge in [0.25, 0.3) is 5.91 Å². The molecular formula is C27H22ClFN4O2S. The standard InChI is InChI=1S/C27H22ClFN4O2S/c1-16-4-2-7-21(12-16)30-25(34)15-24-26(35)31-27(36-24)33-23(18-5-3-6-19(28)13-18)14-22(32-33)17-8-10-20(29)11-9-17/h2-13,23-24H,14-15H2,1H3,(H,30,34). The second-order valence-electron chi connectivity index (χ2n) is 8.63. The van der Waals surface area contributed by atoms with Gasteiger partial charge in [-0.05, 0) is 60.0 Å². The molecule has 3 aromatic carbocycles. The van der Waals surface area contributed by atoms with Crippen molar-refractivity contribution in [2.45, 2.75) is 31.1 Å². The SMILES string of the molecule is Cc1cccc(NC(=O)CC2SC(N3N=C(c4ccc(F)cc4)CC3c3cccc(Cl)c3)=NC2=O)c1. The molecule has 2 amide bonds. The number of hydrazone groups is 1. The Balaban J connectivity index is 1.36. The van der Waals surface area contributed by atoms with Crippen LogP contribution in [0.3, 0.4) is 0 Å². The zero-order valence-corrected chi connectivity index (χ0v) is 20.9. The minimum atomic E-state index is -0.644. The van der Waals surface area contributed by atoms with Gasteiger partial charge in [-0.25, -0.2) is 9.40 Å². The minimum Gasteiger partial charge on any atom is -0.326 e. The molecule has 2 atom stereocenters. The number of amides is 2. The second kappa shape index (κ2) is 10.2. The highest BCUT2D eigenvalue weighted by Gasteiger charge is 2.39. The van der Waals surface area contributed by atoms with E-state index in [4.69, 9.17) is 16.7 Å². The third-order valence-corrected chi connectivity index (χ3v) is 7.30. The fourth-order valence-electron chi connectivity index (χ4n) is 4.18. The maximum absolute atomic E-state index is 13.5. The van der Waals surface area contributed by atoms with Crippen LogP contribution in [0.25, 0.3) is 0 Å². The van der Waals surface area contributed by atoms with Gasteiger partial charge in [0, 0.05) is 23.6 Å². The number of anilines is 1. The van der Waals surface area contributed by atoms with Gasteiger partial charge in [0.05, 0.1) is 11.8 Å². The number of rotatable bonds is 5. The molecule has 0 spiro atoms. The Morgan fingerprint density at radius 2 is 1.92 bits per heavy atom. The van der Waals surface area contributed by atoms with Gasteiger partial charge < -0.3 is 5.32 Å². The lowest BCUT2D eigenvalue weighted by Crippen LogP contribution is -2.25. The monoisotopic (exact) mass is 520 g/mol. The molecule has 2 unspecified atom stereocenters. The van der Waals surface area contributed by atoms with Gasteiger partial charge >= 0.3 is 0 Å². The van der Waals surface area contributed by atoms with E-state index in [2.05, 4.69) is 10.3 Å². The predicted octanol–water partition coefficient (Wildman–Crippen LogP) is 5.97. The largest absolute Gasteiger partial charge is 0.326 e. The first kappa shape index (κ1) is 24.2. The van der Waals surface area contributed by atoms with Gasteiger partial charge in [-0.2, -0.15) is 10.1 Å². The Kier molecular flexibility index (Phi) is 6.89. The van der Waals surface area contributed by atoms with E-state index in [1.54, 1.807) is 23.2 Å². The average Bonchev–Trinajstić information content (AvgIpc) is 3.44. The van der Waals surface area contributed by atoms with Crippen molar-refractivity contribution in [2.24, 2.45) is 10.1 Å². The summed E-state index contributed by atoms with van der Waals surface area (Å²) in [7, 11) is 0. The molecule has 5 rings (SSSR count). The maximum atomic E-state index is 13.5. The summed E-state index contributed by atoms with van der Waals surface area (Å²) in [4.78, 5) is 29.6. The van der Waals surface area contributed by atoms with Crippen molar-refractivity contribution >= 4 is 51.7 Å². The fourth-order valence-corrected chi connectivity index (χ4v) is 5.44. The first-order chi connectivity index (χ1) is 17.4. The van der Waals surface area contributed by atoms with Crippen LogP contribution in [0.2, 0.25) is 5.02 Å². The molecule has 0 aromatic heterocycles. The number of halogens is 2. The molecule has 2 heterocycles. The van der Waals surface area contributed by atoms with Crippen LogP contribution in [0.15, 0.2) is 82.9 Å². The van der Waals surface area contributed by atoms with Crippen molar-refractivity contribution in [1.82, 2.24) is 5.01 Å². The third-order valence-electron chi connectivity index (χ3n) is 5.92. The summed E-state index contributed by atoms with van der Waals surface area (Å²) in [6.45, 7) is 1.94. The molecule has 182 valence electrons. The molecular weight excluding hydrogens is 499 g/mol. The molecule has 2 aliphatic rings. The van der Waals surface area contributed by atoms with Crippen molar-refractivity contribution in [3.63, 3.8) is 0 Å². The zero-order chi connectivity index (χ0) is 25.2. The van der Waals surface area contributed by atoms with E-state index in [1.165, 1.54) is 23.9 Å². The lowest BCUT2D eigenvalue weighted by atomic mass is 9.98. The summed E-state index contributed by atoms with van der Waals surface area (Å²) in [5, 5.41) is 9.69. The van der Waals surface area contributed by atoms with Gasteiger partial charge in [0.2, 0.25) is 5.91 Å². The Labute approximate surface area is 217 Å². The normalized spacial score (nSPS) is 19.3. The quantitative estimate of drug-likeness (QED) is 0.450. The summed E-state index contributed by atoms with van der Waals surface area (Å²) >= 11 is 7.48. The van der Waals surface area contributed by atoms with E-state index in [1.807, 2.05) is 49.4 Å². The highest BCUT2D eigenvalue weighted by atomic mass is 35.5. The third kappa shape index (κ3) is 5.34. The molecule has 1 N–H and O–H groups in total. The zero-order valence-electron chi connectivity index (χ0n) is 19.3. The Morgan fingerprint density at radius 3 is 2.67 bits per heavy atom. The summed E-state index contributed by atoms with van der Waals surface area (Å²) < 4.78 is 13.5. The van der Waals surface area contributed by atoms with Gasteiger partial charge in [-0.15, -0.1) is 0 Å². The van der Waals surface area contributed by atoms with Crippen LogP contribution in [0.5, 0.6) is 0 Å². The van der Waals surface area contributed by atoms with Crippen LogP contribution >= 0.6 is 23.4 Å². The second-order valence-corrected chi connectivity index (χ2v) is 10.2. The summed E-state index contributed by atoms with van der Waals surface area (Å²) in [5.41, 5.74) is 4.16. The van der Waals surface area contributed by atoms with Crippen LogP contribution in [-0.2, 0) is 9.59 Å². The van der Waals surface area contributed by atoms with Crippen molar-refractivity contribution in [2.75, 3.05) is 5.32 Å². The van der Waals surface area contributed by atoms with Crippen LogP contribution in [-0.4, -0.2) is 33.0 Å². The van der Waals surface area contributed by atoms with Crippen molar-refractivity contribution in [3.8, 4) is 0 Å². The molecule has 0 radical (unpaired) electrons. The number of amidine groups is 1. The highest BCUT2D eigenvalue weighted by molar-refractivity contribution is 8.15. The Bertz CT molecular complexity index is 1390. The number of aryl methyl sites for hydroxylation is 1. The van der Waals surface area contributed by atoms with Crippen LogP contribution in [0.1, 0.15) is 35.6 Å². The number of carbonyl (C=O) groups excluding carboxylic acids is 2. The summed E-state index contributed by atoms with van der Waals surface area (Å²) in [5.74, 6) is -0.954. The molecule has 0 bridgehead atoms. The highest BCUT2D eigenvalue weighted by Crippen LogP contribution is 2.39. The number of nitrogens with zero attached hydrogens (tertiary/aromatic N) is 3. The number of hydrogen-bond acceptors (Lipinski definition) is 5. The molecule has 0 fully saturated rings. The number of nitrogens with one attached hydrogen (secondary N) is 1.